The lowest BCUT2D eigenvalue weighted by molar-refractivity contribution is 0.102. The molecule has 0 fully saturated rings. The molecule has 0 aliphatic heterocycles. The third kappa shape index (κ3) is 2.81. The topological polar surface area (TPSA) is 88.5 Å². The molecule has 120 valence electrons. The lowest BCUT2D eigenvalue weighted by atomic mass is 10.1. The molecule has 3 aromatic heterocycles. The number of pyridine rings is 1. The number of anilines is 1. The molecule has 0 aliphatic rings. The molecule has 0 saturated carbocycles. The van der Waals surface area contributed by atoms with E-state index in [2.05, 4.69) is 39.4 Å². The van der Waals surface area contributed by atoms with Crippen LogP contribution in [0.15, 0.2) is 18.3 Å². The number of nitrogens with zero attached hydrogens (tertiary/aromatic N) is 4. The van der Waals surface area contributed by atoms with Gasteiger partial charge in [-0.3, -0.25) is 9.89 Å². The monoisotopic (exact) mass is 312 g/mol. The number of amides is 1. The van der Waals surface area contributed by atoms with Crippen molar-refractivity contribution in [3.63, 3.8) is 0 Å². The Morgan fingerprint density at radius 3 is 2.83 bits per heavy atom. The minimum atomic E-state index is -0.212. The zero-order valence-corrected chi connectivity index (χ0v) is 13.7. The lowest BCUT2D eigenvalue weighted by Gasteiger charge is -2.11. The van der Waals surface area contributed by atoms with E-state index in [1.807, 2.05) is 18.5 Å². The van der Waals surface area contributed by atoms with Crippen molar-refractivity contribution in [2.24, 2.45) is 0 Å². The number of aromatic amines is 1. The quantitative estimate of drug-likeness (QED) is 0.775. The first kappa shape index (κ1) is 15.2. The van der Waals surface area contributed by atoms with E-state index in [0.29, 0.717) is 11.4 Å². The fourth-order valence-corrected chi connectivity index (χ4v) is 2.49. The van der Waals surface area contributed by atoms with Crippen molar-refractivity contribution in [1.82, 2.24) is 25.0 Å². The van der Waals surface area contributed by atoms with Crippen LogP contribution in [0.4, 0.5) is 5.82 Å². The molecule has 0 spiro atoms. The minimum Gasteiger partial charge on any atom is -0.305 e. The van der Waals surface area contributed by atoms with Crippen molar-refractivity contribution in [3.8, 4) is 0 Å². The molecule has 3 aromatic rings. The summed E-state index contributed by atoms with van der Waals surface area (Å²) < 4.78 is 1.87. The normalized spacial score (nSPS) is 12.5. The second-order valence-electron chi connectivity index (χ2n) is 5.79. The van der Waals surface area contributed by atoms with Gasteiger partial charge in [0, 0.05) is 17.5 Å². The fourth-order valence-electron chi connectivity index (χ4n) is 2.49. The largest absolute Gasteiger partial charge is 0.305 e. The van der Waals surface area contributed by atoms with Gasteiger partial charge in [0.05, 0.1) is 23.2 Å². The molecule has 0 aromatic carbocycles. The molecule has 0 unspecified atom stereocenters. The van der Waals surface area contributed by atoms with Crippen molar-refractivity contribution in [2.45, 2.75) is 40.2 Å². The van der Waals surface area contributed by atoms with Gasteiger partial charge >= 0.3 is 0 Å². The highest BCUT2D eigenvalue weighted by molar-refractivity contribution is 6.11. The highest BCUT2D eigenvalue weighted by Crippen LogP contribution is 2.23. The number of carbonyl (C=O) groups excluding carboxylic acids is 1. The molecule has 2 N–H and O–H groups in total. The summed E-state index contributed by atoms with van der Waals surface area (Å²) in [6.45, 7) is 7.95. The van der Waals surface area contributed by atoms with Gasteiger partial charge in [-0.05, 0) is 33.3 Å². The molecule has 0 bridgehead atoms. The van der Waals surface area contributed by atoms with E-state index in [1.165, 1.54) is 0 Å². The molecular formula is C16H20N6O. The van der Waals surface area contributed by atoms with E-state index in [1.54, 1.807) is 18.3 Å². The summed E-state index contributed by atoms with van der Waals surface area (Å²) >= 11 is 0. The molecule has 1 amide bonds. The molecule has 23 heavy (non-hydrogen) atoms. The van der Waals surface area contributed by atoms with Gasteiger partial charge < -0.3 is 5.32 Å². The summed E-state index contributed by atoms with van der Waals surface area (Å²) in [5, 5.41) is 14.8. The van der Waals surface area contributed by atoms with Crippen LogP contribution in [0.1, 0.15) is 48.1 Å². The molecule has 7 heteroatoms. The summed E-state index contributed by atoms with van der Waals surface area (Å²) in [5.41, 5.74) is 2.97. The van der Waals surface area contributed by atoms with E-state index < -0.39 is 0 Å². The predicted molar refractivity (Wildman–Crippen MR) is 88.5 cm³/mol. The first-order valence-corrected chi connectivity index (χ1v) is 7.67. The number of rotatable bonds is 4. The minimum absolute atomic E-state index is 0.212. The Bertz CT molecular complexity index is 863. The van der Waals surface area contributed by atoms with Crippen molar-refractivity contribution in [2.75, 3.05) is 5.32 Å². The van der Waals surface area contributed by atoms with Crippen LogP contribution in [0.2, 0.25) is 0 Å². The number of aryl methyl sites for hydroxylation is 2. The van der Waals surface area contributed by atoms with E-state index in [4.69, 9.17) is 0 Å². The highest BCUT2D eigenvalue weighted by Gasteiger charge is 2.18. The SMILES string of the molecule is CC[C@H](C)n1ncc2c(C(=O)Nc3cc(C)[nH]n3)cc(C)nc21. The van der Waals surface area contributed by atoms with Crippen LogP contribution in [-0.2, 0) is 0 Å². The van der Waals surface area contributed by atoms with Crippen molar-refractivity contribution in [3.05, 3.63) is 35.3 Å². The van der Waals surface area contributed by atoms with Crippen LogP contribution in [0.3, 0.4) is 0 Å². The average Bonchev–Trinajstić information content (AvgIpc) is 3.11. The van der Waals surface area contributed by atoms with Crippen LogP contribution in [0, 0.1) is 13.8 Å². The number of fused-ring (bicyclic) bond motifs is 1. The Labute approximate surface area is 134 Å². The zero-order chi connectivity index (χ0) is 16.6. The molecule has 7 nitrogen and oxygen atoms in total. The zero-order valence-electron chi connectivity index (χ0n) is 13.7. The first-order valence-electron chi connectivity index (χ1n) is 7.67. The average molecular weight is 312 g/mol. The standard InChI is InChI=1S/C16H20N6O/c1-5-11(4)22-15-13(8-17-22)12(6-9(2)18-15)16(23)19-14-7-10(3)20-21-14/h6-8,11H,5H2,1-4H3,(H2,19,20,21,23)/t11-/m0/s1. The number of carbonyl (C=O) groups is 1. The van der Waals surface area contributed by atoms with Crippen molar-refractivity contribution >= 4 is 22.8 Å². The second-order valence-corrected chi connectivity index (χ2v) is 5.79. The van der Waals surface area contributed by atoms with Crippen LogP contribution >= 0.6 is 0 Å². The van der Waals surface area contributed by atoms with Gasteiger partial charge in [-0.2, -0.15) is 10.2 Å². The van der Waals surface area contributed by atoms with Crippen molar-refractivity contribution < 1.29 is 4.79 Å². The van der Waals surface area contributed by atoms with Crippen LogP contribution in [0.25, 0.3) is 11.0 Å². The summed E-state index contributed by atoms with van der Waals surface area (Å²) in [5.74, 6) is 0.292. The molecular weight excluding hydrogens is 292 g/mol. The van der Waals surface area contributed by atoms with Crippen LogP contribution in [0.5, 0.6) is 0 Å². The van der Waals surface area contributed by atoms with Crippen LogP contribution < -0.4 is 5.32 Å². The van der Waals surface area contributed by atoms with E-state index in [0.717, 1.165) is 28.8 Å². The summed E-state index contributed by atoms with van der Waals surface area (Å²) in [4.78, 5) is 17.2. The van der Waals surface area contributed by atoms with Gasteiger partial charge in [-0.15, -0.1) is 0 Å². The van der Waals surface area contributed by atoms with E-state index >= 15 is 0 Å². The third-order valence-corrected chi connectivity index (χ3v) is 3.90. The van der Waals surface area contributed by atoms with Gasteiger partial charge in [0.1, 0.15) is 0 Å². The van der Waals surface area contributed by atoms with Gasteiger partial charge in [0.25, 0.3) is 5.91 Å². The highest BCUT2D eigenvalue weighted by atomic mass is 16.1. The predicted octanol–water partition coefficient (Wildman–Crippen LogP) is 2.99. The number of aromatic nitrogens is 5. The number of nitrogens with one attached hydrogen (secondary N) is 2. The Morgan fingerprint density at radius 2 is 2.17 bits per heavy atom. The Balaban J connectivity index is 2.03. The van der Waals surface area contributed by atoms with E-state index in [9.17, 15) is 4.79 Å². The molecule has 0 aliphatic carbocycles. The number of hydrogen-bond acceptors (Lipinski definition) is 4. The van der Waals surface area contributed by atoms with Gasteiger partial charge in [-0.1, -0.05) is 6.92 Å². The number of hydrogen-bond donors (Lipinski definition) is 2. The first-order chi connectivity index (χ1) is 11.0. The summed E-state index contributed by atoms with van der Waals surface area (Å²) in [6, 6.07) is 3.79. The Hall–Kier alpha value is -2.70. The smallest absolute Gasteiger partial charge is 0.257 e. The maximum atomic E-state index is 12.6. The molecule has 0 saturated heterocycles. The lowest BCUT2D eigenvalue weighted by Crippen LogP contribution is -2.14. The summed E-state index contributed by atoms with van der Waals surface area (Å²) in [6.07, 6.45) is 2.65. The molecule has 3 rings (SSSR count). The fraction of sp³-hybridized carbons (Fsp3) is 0.375. The van der Waals surface area contributed by atoms with E-state index in [-0.39, 0.29) is 11.9 Å². The third-order valence-electron chi connectivity index (χ3n) is 3.90. The Kier molecular flexibility index (Phi) is 3.85. The number of H-pyrrole nitrogens is 1. The maximum Gasteiger partial charge on any atom is 0.257 e. The summed E-state index contributed by atoms with van der Waals surface area (Å²) in [7, 11) is 0. The maximum absolute atomic E-state index is 12.6. The van der Waals surface area contributed by atoms with Gasteiger partial charge in [0.15, 0.2) is 11.5 Å². The van der Waals surface area contributed by atoms with Crippen LogP contribution in [-0.4, -0.2) is 30.9 Å². The van der Waals surface area contributed by atoms with Gasteiger partial charge in [0.2, 0.25) is 0 Å². The van der Waals surface area contributed by atoms with Crippen molar-refractivity contribution in [1.29, 1.82) is 0 Å². The molecule has 3 heterocycles. The molecule has 1 atom stereocenters. The van der Waals surface area contributed by atoms with Gasteiger partial charge in [-0.25, -0.2) is 9.67 Å². The molecule has 0 radical (unpaired) electrons. The second kappa shape index (κ2) is 5.83. The Morgan fingerprint density at radius 1 is 1.39 bits per heavy atom.